The van der Waals surface area contributed by atoms with Crippen LogP contribution in [0.4, 0.5) is 17.6 Å². The molecule has 39 heavy (non-hydrogen) atoms. The van der Waals surface area contributed by atoms with E-state index in [-0.39, 0.29) is 25.2 Å². The Balaban J connectivity index is 0.000000277. The van der Waals surface area contributed by atoms with Crippen LogP contribution in [0.3, 0.4) is 0 Å². The van der Waals surface area contributed by atoms with Crippen LogP contribution < -0.4 is 0 Å². The van der Waals surface area contributed by atoms with Gasteiger partial charge in [-0.3, -0.25) is 14.4 Å². The fourth-order valence-electron chi connectivity index (χ4n) is 3.52. The molecule has 5 nitrogen and oxygen atoms in total. The lowest BCUT2D eigenvalue weighted by molar-refractivity contribution is -0.145. The van der Waals surface area contributed by atoms with Gasteiger partial charge in [0.05, 0.1) is 31.6 Å². The zero-order valence-electron chi connectivity index (χ0n) is 21.0. The predicted octanol–water partition coefficient (Wildman–Crippen LogP) is 7.57. The van der Waals surface area contributed by atoms with Crippen molar-refractivity contribution < 1.29 is 41.4 Å². The minimum absolute atomic E-state index is 0.104. The van der Waals surface area contributed by atoms with Crippen molar-refractivity contribution in [2.45, 2.75) is 43.1 Å². The van der Waals surface area contributed by atoms with Crippen LogP contribution in [0, 0.1) is 11.6 Å². The summed E-state index contributed by atoms with van der Waals surface area (Å²) in [5.41, 5.74) is -0.0787. The fraction of sp³-hybridized carbons (Fsp3) is 0.423. The molecule has 0 radical (unpaired) electrons. The summed E-state index contributed by atoms with van der Waals surface area (Å²) in [5.74, 6) is -2.31. The molecule has 0 N–H and O–H groups in total. The number of ether oxygens (including phenoxy) is 2. The molecule has 0 bridgehead atoms. The lowest BCUT2D eigenvalue weighted by Gasteiger charge is -2.31. The Morgan fingerprint density at radius 2 is 1.38 bits per heavy atom. The van der Waals surface area contributed by atoms with Gasteiger partial charge in [-0.2, -0.15) is 0 Å². The second-order valence-corrected chi connectivity index (χ2v) is 12.7. The number of Topliss-reactive ketones (excluding diaryl/α,β-unsaturated/α-hetero) is 1. The molecule has 0 aliphatic carbocycles. The first-order valence-corrected chi connectivity index (χ1v) is 15.3. The van der Waals surface area contributed by atoms with Gasteiger partial charge < -0.3 is 9.47 Å². The molecule has 2 aromatic rings. The van der Waals surface area contributed by atoms with E-state index in [9.17, 15) is 31.9 Å². The highest BCUT2D eigenvalue weighted by molar-refractivity contribution is 9.10. The van der Waals surface area contributed by atoms with Crippen molar-refractivity contribution >= 4 is 73.1 Å². The number of thioether (sulfide) groups is 2. The number of halogens is 6. The van der Waals surface area contributed by atoms with Crippen LogP contribution >= 0.6 is 55.4 Å². The van der Waals surface area contributed by atoms with Crippen molar-refractivity contribution in [3.05, 3.63) is 68.1 Å². The third kappa shape index (κ3) is 9.50. The van der Waals surface area contributed by atoms with Crippen LogP contribution in [0.15, 0.2) is 45.3 Å². The molecule has 1 heterocycles. The number of carbonyl (C=O) groups excluding carboxylic acids is 3. The first-order valence-electron chi connectivity index (χ1n) is 11.8. The highest BCUT2D eigenvalue weighted by Crippen LogP contribution is 2.56. The van der Waals surface area contributed by atoms with Gasteiger partial charge in [0.25, 0.3) is 0 Å². The van der Waals surface area contributed by atoms with Gasteiger partial charge in [-0.1, -0.05) is 37.9 Å². The average Bonchev–Trinajstić information content (AvgIpc) is 3.35. The molecule has 2 unspecified atom stereocenters. The molecular weight excluding hydrogens is 692 g/mol. The predicted molar refractivity (Wildman–Crippen MR) is 151 cm³/mol. The zero-order valence-corrected chi connectivity index (χ0v) is 25.8. The minimum atomic E-state index is -2.10. The van der Waals surface area contributed by atoms with Gasteiger partial charge in [0, 0.05) is 26.0 Å². The first-order chi connectivity index (χ1) is 18.4. The number of esters is 2. The number of carbonyl (C=O) groups is 3. The molecule has 3 rings (SSSR count). The van der Waals surface area contributed by atoms with Crippen LogP contribution in [0.2, 0.25) is 0 Å². The summed E-state index contributed by atoms with van der Waals surface area (Å²) in [6, 6.07) is 8.25. The molecule has 0 amide bonds. The van der Waals surface area contributed by atoms with Crippen LogP contribution in [0.1, 0.15) is 42.6 Å². The molecule has 13 heteroatoms. The number of hydrogen-bond donors (Lipinski definition) is 0. The molecule has 1 aliphatic heterocycles. The lowest BCUT2D eigenvalue weighted by Crippen LogP contribution is -2.32. The SMILES string of the molecule is CCOC(=O)CC(F)C(=O)c1ccc(Br)cc1F.CCOC(=O)CC(F)C1(c2ccc(Br)cc2F)SCCS1. The normalized spacial score (nSPS) is 15.5. The standard InChI is InChI=1S/C14H15BrF2O2S2.C12H11BrF2O3/c1-2-19-13(18)8-12(17)14(20-5-6-21-14)10-4-3-9(15)7-11(10)16;1-2-18-11(16)6-10(15)12(17)8-4-3-7(13)5-9(8)14/h3-4,7,12H,2,5-6,8H2,1H3;3-5,10H,2,6H2,1H3. The molecule has 214 valence electrons. The van der Waals surface area contributed by atoms with Crippen LogP contribution in [0.25, 0.3) is 0 Å². The Morgan fingerprint density at radius 1 is 0.872 bits per heavy atom. The smallest absolute Gasteiger partial charge is 0.309 e. The van der Waals surface area contributed by atoms with E-state index in [0.717, 1.165) is 17.6 Å². The Bertz CT molecular complexity index is 1170. The number of benzene rings is 2. The molecule has 1 fully saturated rings. The summed E-state index contributed by atoms with van der Waals surface area (Å²) in [4.78, 5) is 34.1. The molecule has 2 atom stereocenters. The number of rotatable bonds is 10. The van der Waals surface area contributed by atoms with E-state index in [0.29, 0.717) is 14.5 Å². The topological polar surface area (TPSA) is 69.7 Å². The number of ketones is 1. The minimum Gasteiger partial charge on any atom is -0.466 e. The van der Waals surface area contributed by atoms with Gasteiger partial charge in [0.2, 0.25) is 0 Å². The molecule has 1 saturated heterocycles. The fourth-order valence-corrected chi connectivity index (χ4v) is 7.47. The van der Waals surface area contributed by atoms with E-state index in [1.165, 1.54) is 41.7 Å². The maximum Gasteiger partial charge on any atom is 0.309 e. The van der Waals surface area contributed by atoms with Crippen molar-refractivity contribution in [3.8, 4) is 0 Å². The van der Waals surface area contributed by atoms with Crippen molar-refractivity contribution in [1.82, 2.24) is 0 Å². The van der Waals surface area contributed by atoms with E-state index >= 15 is 0 Å². The largest absolute Gasteiger partial charge is 0.466 e. The van der Waals surface area contributed by atoms with Crippen LogP contribution in [0.5, 0.6) is 0 Å². The second-order valence-electron chi connectivity index (χ2n) is 7.93. The van der Waals surface area contributed by atoms with Gasteiger partial charge in [-0.05, 0) is 44.2 Å². The summed E-state index contributed by atoms with van der Waals surface area (Å²) in [7, 11) is 0. The Labute approximate surface area is 249 Å². The molecule has 0 saturated carbocycles. The van der Waals surface area contributed by atoms with Crippen molar-refractivity contribution in [2.75, 3.05) is 24.7 Å². The van der Waals surface area contributed by atoms with Gasteiger partial charge in [-0.25, -0.2) is 17.6 Å². The summed E-state index contributed by atoms with van der Waals surface area (Å²) in [5, 5.41) is 0. The van der Waals surface area contributed by atoms with Gasteiger partial charge >= 0.3 is 11.9 Å². The maximum absolute atomic E-state index is 14.8. The van der Waals surface area contributed by atoms with Crippen LogP contribution in [-0.4, -0.2) is 54.8 Å². The third-order valence-corrected chi connectivity index (χ3v) is 9.80. The van der Waals surface area contributed by atoms with Crippen molar-refractivity contribution in [3.63, 3.8) is 0 Å². The van der Waals surface area contributed by atoms with Gasteiger partial charge in [0.1, 0.15) is 21.9 Å². The molecule has 0 spiro atoms. The molecule has 2 aromatic carbocycles. The molecular formula is C26H26Br2F4O5S2. The Hall–Kier alpha value is -1.57. The van der Waals surface area contributed by atoms with E-state index in [4.69, 9.17) is 4.74 Å². The Kier molecular flexibility index (Phi) is 13.8. The van der Waals surface area contributed by atoms with E-state index in [2.05, 4.69) is 36.6 Å². The van der Waals surface area contributed by atoms with Gasteiger partial charge in [-0.15, -0.1) is 23.5 Å². The van der Waals surface area contributed by atoms with Crippen molar-refractivity contribution in [2.24, 2.45) is 0 Å². The highest BCUT2D eigenvalue weighted by atomic mass is 79.9. The summed E-state index contributed by atoms with van der Waals surface area (Å²) in [6.45, 7) is 3.56. The second kappa shape index (κ2) is 16.0. The monoisotopic (exact) mass is 716 g/mol. The molecule has 1 aliphatic rings. The van der Waals surface area contributed by atoms with Crippen molar-refractivity contribution in [1.29, 1.82) is 0 Å². The summed E-state index contributed by atoms with van der Waals surface area (Å²) >= 11 is 8.93. The molecule has 0 aromatic heterocycles. The lowest BCUT2D eigenvalue weighted by atomic mass is 10.0. The summed E-state index contributed by atoms with van der Waals surface area (Å²) in [6.07, 6.45) is -4.66. The van der Waals surface area contributed by atoms with E-state index in [1.807, 2.05) is 0 Å². The van der Waals surface area contributed by atoms with Gasteiger partial charge in [0.15, 0.2) is 12.0 Å². The summed E-state index contributed by atoms with van der Waals surface area (Å²) < 4.78 is 65.3. The number of alkyl halides is 2. The van der Waals surface area contributed by atoms with Crippen LogP contribution in [-0.2, 0) is 23.1 Å². The Morgan fingerprint density at radius 3 is 1.90 bits per heavy atom. The zero-order chi connectivity index (χ0) is 29.2. The highest BCUT2D eigenvalue weighted by Gasteiger charge is 2.48. The van der Waals surface area contributed by atoms with E-state index in [1.54, 1.807) is 26.0 Å². The average molecular weight is 718 g/mol. The number of hydrogen-bond acceptors (Lipinski definition) is 7. The quantitative estimate of drug-likeness (QED) is 0.143. The van der Waals surface area contributed by atoms with E-state index < -0.39 is 52.2 Å². The first kappa shape index (κ1) is 33.6. The maximum atomic E-state index is 14.8. The third-order valence-electron chi connectivity index (χ3n) is 5.22.